The molecule has 0 saturated carbocycles. The van der Waals surface area contributed by atoms with E-state index in [9.17, 15) is 0 Å². The van der Waals surface area contributed by atoms with Gasteiger partial charge in [-0.1, -0.05) is 0 Å². The van der Waals surface area contributed by atoms with E-state index in [0.717, 1.165) is 0 Å². The zero-order chi connectivity index (χ0) is 0. The fourth-order valence-electron chi connectivity index (χ4n) is 0. The van der Waals surface area contributed by atoms with E-state index >= 15 is 0 Å². The van der Waals surface area contributed by atoms with Gasteiger partial charge in [0.1, 0.15) is 0 Å². The fourth-order valence-corrected chi connectivity index (χ4v) is 0. The molecule has 0 N–H and O–H groups in total. The Bertz CT molecular complexity index is 4.85. The summed E-state index contributed by atoms with van der Waals surface area (Å²) in [6.45, 7) is 0. The van der Waals surface area contributed by atoms with Gasteiger partial charge >= 0.3 is 0 Å². The van der Waals surface area contributed by atoms with E-state index in [-0.39, 0.29) is 117 Å². The smallest absolute Gasteiger partial charge is 0 e. The second-order valence-corrected chi connectivity index (χ2v) is 0. The van der Waals surface area contributed by atoms with Crippen LogP contribution in [0.5, 0.6) is 0 Å². The van der Waals surface area contributed by atoms with Crippen molar-refractivity contribution in [2.45, 2.75) is 0 Å². The molecule has 0 spiro atoms. The van der Waals surface area contributed by atoms with Crippen molar-refractivity contribution in [2.75, 3.05) is 0 Å². The molecule has 44 valence electrons. The first kappa shape index (κ1) is 38.4. The van der Waals surface area contributed by atoms with E-state index < -0.39 is 0 Å². The normalized spacial score (nSPS) is 0. The van der Waals surface area contributed by atoms with Crippen LogP contribution in [-0.4, -0.2) is 0 Å². The van der Waals surface area contributed by atoms with Crippen molar-refractivity contribution < 1.29 is 76.3 Å². The monoisotopic (exact) mass is 430 g/mol. The van der Waals surface area contributed by atoms with Gasteiger partial charge in [0, 0.05) is 76.3 Å². The van der Waals surface area contributed by atoms with Gasteiger partial charge in [-0.25, -0.2) is 0 Å². The molecule has 0 aromatic heterocycles. The Morgan fingerprint density at radius 1 is 0.400 bits per heavy atom. The summed E-state index contributed by atoms with van der Waals surface area (Å²) >= 11 is 0. The average Bonchev–Trinajstić information content (AvgIpc) is 0. The molecule has 0 atom stereocenters. The molecule has 0 heterocycles. The Kier molecular flexibility index (Phi) is 196. The summed E-state index contributed by atoms with van der Waals surface area (Å²) in [7, 11) is 0. The minimum absolute atomic E-state index is 0. The molecular formula is H6Dy2S3. The molecule has 0 aliphatic carbocycles. The van der Waals surface area contributed by atoms with Gasteiger partial charge < -0.3 is 0 Å². The molecule has 0 rings (SSSR count). The second-order valence-electron chi connectivity index (χ2n) is 0. The summed E-state index contributed by atoms with van der Waals surface area (Å²) in [4.78, 5) is 0. The van der Waals surface area contributed by atoms with Gasteiger partial charge in [-0.2, -0.15) is 40.5 Å². The molecule has 5 heteroatoms. The molecule has 0 aliphatic rings. The molecule has 0 unspecified atom stereocenters. The maximum atomic E-state index is 0. The van der Waals surface area contributed by atoms with Gasteiger partial charge in [0.15, 0.2) is 0 Å². The Balaban J connectivity index is 0. The van der Waals surface area contributed by atoms with Crippen LogP contribution in [0.25, 0.3) is 0 Å². The molecule has 0 saturated heterocycles. The SMILES string of the molecule is S.S.S.[Dy].[Dy]. The van der Waals surface area contributed by atoms with Gasteiger partial charge in [0.05, 0.1) is 0 Å². The third-order valence-electron chi connectivity index (χ3n) is 0. The van der Waals surface area contributed by atoms with E-state index in [2.05, 4.69) is 0 Å². The first-order valence-electron chi connectivity index (χ1n) is 0. The molecule has 0 fully saturated rings. The largest absolute Gasteiger partial charge is 0.197 e. The van der Waals surface area contributed by atoms with Crippen LogP contribution in [0.3, 0.4) is 0 Å². The van der Waals surface area contributed by atoms with Crippen LogP contribution in [0.15, 0.2) is 0 Å². The van der Waals surface area contributed by atoms with Crippen molar-refractivity contribution >= 4 is 40.5 Å². The Morgan fingerprint density at radius 3 is 0.400 bits per heavy atom. The molecule has 0 nitrogen and oxygen atoms in total. The zero-order valence-electron chi connectivity index (χ0n) is 2.13. The molecular weight excluding hydrogens is 421 g/mol. The van der Waals surface area contributed by atoms with Crippen molar-refractivity contribution in [1.82, 2.24) is 0 Å². The molecule has 0 aromatic rings. The summed E-state index contributed by atoms with van der Waals surface area (Å²) in [5.74, 6) is 0. The van der Waals surface area contributed by atoms with Crippen molar-refractivity contribution in [3.63, 3.8) is 0 Å². The summed E-state index contributed by atoms with van der Waals surface area (Å²) in [6, 6.07) is 0. The molecule has 0 aromatic carbocycles. The van der Waals surface area contributed by atoms with Crippen molar-refractivity contribution in [3.05, 3.63) is 0 Å². The standard InChI is InChI=1S/2Dy.3H2S/h;;3*1H2. The van der Waals surface area contributed by atoms with Gasteiger partial charge in [-0.15, -0.1) is 0 Å². The molecule has 0 aliphatic heterocycles. The Labute approximate surface area is 114 Å². The number of rotatable bonds is 0. The summed E-state index contributed by atoms with van der Waals surface area (Å²) in [5.41, 5.74) is 0. The van der Waals surface area contributed by atoms with Crippen molar-refractivity contribution in [1.29, 1.82) is 0 Å². The predicted octanol–water partition coefficient (Wildman–Crippen LogP) is 0.338. The average molecular weight is 427 g/mol. The third-order valence-corrected chi connectivity index (χ3v) is 0. The van der Waals surface area contributed by atoms with Crippen molar-refractivity contribution in [3.8, 4) is 0 Å². The first-order chi connectivity index (χ1) is 0. The molecule has 0 amide bonds. The Morgan fingerprint density at radius 2 is 0.400 bits per heavy atom. The number of hydrogen-bond acceptors (Lipinski definition) is 0. The third kappa shape index (κ3) is 18.4. The number of hydrogen-bond donors (Lipinski definition) is 0. The quantitative estimate of drug-likeness (QED) is 0.524. The van der Waals surface area contributed by atoms with Gasteiger partial charge in [-0.05, 0) is 0 Å². The zero-order valence-corrected chi connectivity index (χ0v) is 9.19. The van der Waals surface area contributed by atoms with E-state index in [4.69, 9.17) is 0 Å². The van der Waals surface area contributed by atoms with Crippen LogP contribution in [-0.2, 0) is 0 Å². The van der Waals surface area contributed by atoms with Crippen LogP contribution >= 0.6 is 40.5 Å². The van der Waals surface area contributed by atoms with E-state index in [1.807, 2.05) is 0 Å². The molecule has 0 radical (unpaired) electrons. The van der Waals surface area contributed by atoms with E-state index in [1.165, 1.54) is 0 Å². The minimum Gasteiger partial charge on any atom is -0.197 e. The maximum absolute atomic E-state index is 0. The van der Waals surface area contributed by atoms with Crippen LogP contribution in [0.1, 0.15) is 0 Å². The van der Waals surface area contributed by atoms with E-state index in [1.54, 1.807) is 0 Å². The van der Waals surface area contributed by atoms with Crippen LogP contribution < -0.4 is 0 Å². The summed E-state index contributed by atoms with van der Waals surface area (Å²) in [6.07, 6.45) is 0. The summed E-state index contributed by atoms with van der Waals surface area (Å²) < 4.78 is 0. The molecule has 0 bridgehead atoms. The maximum Gasteiger partial charge on any atom is 0 e. The Hall–Kier alpha value is 3.60. The predicted molar refractivity (Wildman–Crippen MR) is 31.1 cm³/mol. The van der Waals surface area contributed by atoms with Crippen LogP contribution in [0, 0.1) is 76.3 Å². The first-order valence-corrected chi connectivity index (χ1v) is 0. The minimum atomic E-state index is 0. The topological polar surface area (TPSA) is 0 Å². The molecule has 5 heavy (non-hydrogen) atoms. The van der Waals surface area contributed by atoms with Gasteiger partial charge in [-0.3, -0.25) is 0 Å². The summed E-state index contributed by atoms with van der Waals surface area (Å²) in [5, 5.41) is 0. The van der Waals surface area contributed by atoms with Gasteiger partial charge in [0.25, 0.3) is 0 Å². The fraction of sp³-hybridized carbons (Fsp3) is 0. The van der Waals surface area contributed by atoms with Gasteiger partial charge in [0.2, 0.25) is 0 Å². The van der Waals surface area contributed by atoms with Crippen LogP contribution in [0.2, 0.25) is 0 Å². The van der Waals surface area contributed by atoms with Crippen molar-refractivity contribution in [2.24, 2.45) is 0 Å². The van der Waals surface area contributed by atoms with Crippen LogP contribution in [0.4, 0.5) is 0 Å². The second kappa shape index (κ2) is 25.6. The van der Waals surface area contributed by atoms with E-state index in [0.29, 0.717) is 0 Å².